The Morgan fingerprint density at radius 1 is 0.667 bits per heavy atom. The van der Waals surface area contributed by atoms with Crippen molar-refractivity contribution in [1.82, 2.24) is 45.4 Å². The molecule has 1 aromatic heterocycles. The fraction of sp³-hybridized carbons (Fsp3) is 0.510. The first-order valence-corrected chi connectivity index (χ1v) is 26.1. The smallest absolute Gasteiger partial charge is 0.326 e. The van der Waals surface area contributed by atoms with Crippen LogP contribution in [0.2, 0.25) is 0 Å². The summed E-state index contributed by atoms with van der Waals surface area (Å²) in [6.45, 7) is 3.14. The molecule has 1 unspecified atom stereocenters. The van der Waals surface area contributed by atoms with Gasteiger partial charge in [0.25, 0.3) is 0 Å². The Balaban J connectivity index is 1.34. The Morgan fingerprint density at radius 2 is 1.24 bits per heavy atom. The number of carboxylic acids is 3. The number of pyridine rings is 1. The number of hydrogen-bond donors (Lipinski definition) is 11. The SMILES string of the molecule is NC(=O)CN1CCN(CC(N)=O)CCN(CC(N)=O)C(Cc2ccc(NC(=S)NCCCCC(=O)N(CCCC[C@@H](NC(=O)N[C@H](CCC(=O)O)C(=O)O)C(=O)O)Cc3nccc4ccccc34)cc2)CN(CC(N)=O)CC1. The molecule has 426 valence electrons. The van der Waals surface area contributed by atoms with Gasteiger partial charge < -0.3 is 64.4 Å². The van der Waals surface area contributed by atoms with E-state index in [1.54, 1.807) is 11.1 Å². The molecule has 1 aliphatic rings. The van der Waals surface area contributed by atoms with Crippen molar-refractivity contribution in [3.05, 3.63) is 72.1 Å². The van der Waals surface area contributed by atoms with E-state index < -0.39 is 72.5 Å². The molecule has 7 amide bonds. The third kappa shape index (κ3) is 23.7. The van der Waals surface area contributed by atoms with E-state index in [-0.39, 0.29) is 70.5 Å². The molecular weight excluding hydrogens is 1030 g/mol. The van der Waals surface area contributed by atoms with E-state index in [0.717, 1.165) is 16.3 Å². The Bertz CT molecular complexity index is 2540. The molecule has 1 fully saturated rings. The minimum Gasteiger partial charge on any atom is -0.481 e. The number of thiocarbonyl (C=S) groups is 1. The number of aromatic nitrogens is 1. The molecule has 0 bridgehead atoms. The van der Waals surface area contributed by atoms with Crippen molar-refractivity contribution in [2.45, 2.75) is 82.5 Å². The summed E-state index contributed by atoms with van der Waals surface area (Å²) in [7, 11) is 0. The highest BCUT2D eigenvalue weighted by Gasteiger charge is 2.28. The zero-order valence-corrected chi connectivity index (χ0v) is 44.5. The molecule has 27 heteroatoms. The van der Waals surface area contributed by atoms with Crippen LogP contribution in [0.25, 0.3) is 10.8 Å². The van der Waals surface area contributed by atoms with E-state index in [1.165, 1.54) is 0 Å². The number of amides is 7. The number of carbonyl (C=O) groups excluding carboxylic acids is 6. The molecule has 3 aromatic rings. The second kappa shape index (κ2) is 32.9. The van der Waals surface area contributed by atoms with Gasteiger partial charge in [0.05, 0.1) is 38.4 Å². The second-order valence-electron chi connectivity index (χ2n) is 19.1. The van der Waals surface area contributed by atoms with Gasteiger partial charge in [0, 0.05) is 95.1 Å². The van der Waals surface area contributed by atoms with Crippen LogP contribution >= 0.6 is 12.2 Å². The number of unbranched alkanes of at least 4 members (excludes halogenated alkanes) is 2. The van der Waals surface area contributed by atoms with Crippen molar-refractivity contribution < 1.29 is 58.5 Å². The molecule has 0 saturated carbocycles. The second-order valence-corrected chi connectivity index (χ2v) is 19.5. The van der Waals surface area contributed by atoms with E-state index in [0.29, 0.717) is 94.5 Å². The Kier molecular flexibility index (Phi) is 26.5. The van der Waals surface area contributed by atoms with Gasteiger partial charge in [-0.2, -0.15) is 0 Å². The Labute approximate surface area is 457 Å². The van der Waals surface area contributed by atoms with E-state index >= 15 is 0 Å². The topological polar surface area (TPSA) is 396 Å². The number of rotatable bonds is 30. The normalized spacial score (nSPS) is 15.8. The van der Waals surface area contributed by atoms with Gasteiger partial charge in [0.2, 0.25) is 29.5 Å². The molecule has 3 atom stereocenters. The van der Waals surface area contributed by atoms with Gasteiger partial charge in [-0.3, -0.25) is 53.4 Å². The third-order valence-electron chi connectivity index (χ3n) is 12.9. The highest BCUT2D eigenvalue weighted by molar-refractivity contribution is 7.80. The van der Waals surface area contributed by atoms with Crippen LogP contribution in [0.1, 0.15) is 62.6 Å². The molecule has 2 aromatic carbocycles. The van der Waals surface area contributed by atoms with Crippen LogP contribution in [0, 0.1) is 0 Å². The molecule has 0 spiro atoms. The van der Waals surface area contributed by atoms with Gasteiger partial charge in [-0.1, -0.05) is 36.4 Å². The molecule has 78 heavy (non-hydrogen) atoms. The predicted octanol–water partition coefficient (Wildman–Crippen LogP) is -0.965. The first-order chi connectivity index (χ1) is 37.1. The fourth-order valence-corrected chi connectivity index (χ4v) is 9.20. The zero-order valence-electron chi connectivity index (χ0n) is 43.7. The molecule has 0 radical (unpaired) electrons. The minimum atomic E-state index is -1.54. The first kappa shape index (κ1) is 62.9. The van der Waals surface area contributed by atoms with E-state index in [2.05, 4.69) is 26.3 Å². The molecule has 15 N–H and O–H groups in total. The summed E-state index contributed by atoms with van der Waals surface area (Å²) in [5, 5.41) is 41.0. The summed E-state index contributed by atoms with van der Waals surface area (Å²) in [6.07, 6.45) is 3.07. The largest absolute Gasteiger partial charge is 0.481 e. The molecule has 1 saturated heterocycles. The van der Waals surface area contributed by atoms with Crippen LogP contribution in [0.4, 0.5) is 10.5 Å². The predicted molar refractivity (Wildman–Crippen MR) is 292 cm³/mol. The lowest BCUT2D eigenvalue weighted by atomic mass is 10.0. The molecule has 26 nitrogen and oxygen atoms in total. The zero-order chi connectivity index (χ0) is 57.1. The number of carbonyl (C=O) groups is 9. The van der Waals surface area contributed by atoms with E-state index in [9.17, 15) is 53.4 Å². The quantitative estimate of drug-likeness (QED) is 0.0283. The number of carboxylic acid groups (broad SMARTS) is 3. The van der Waals surface area contributed by atoms with Crippen LogP contribution in [-0.2, 0) is 51.3 Å². The van der Waals surface area contributed by atoms with Crippen LogP contribution in [0.3, 0.4) is 0 Å². The van der Waals surface area contributed by atoms with Crippen LogP contribution in [-0.4, -0.2) is 207 Å². The molecule has 2 heterocycles. The van der Waals surface area contributed by atoms with Crippen molar-refractivity contribution in [1.29, 1.82) is 0 Å². The molecule has 4 rings (SSSR count). The first-order valence-electron chi connectivity index (χ1n) is 25.7. The molecular formula is C51H74N14O12S. The Hall–Kier alpha value is -7.59. The van der Waals surface area contributed by atoms with Gasteiger partial charge in [-0.05, 0) is 86.3 Å². The number of benzene rings is 2. The third-order valence-corrected chi connectivity index (χ3v) is 13.2. The fourth-order valence-electron chi connectivity index (χ4n) is 8.98. The number of nitrogens with one attached hydrogen (secondary N) is 4. The summed E-state index contributed by atoms with van der Waals surface area (Å²) in [4.78, 5) is 123. The van der Waals surface area contributed by atoms with Gasteiger partial charge in [0.1, 0.15) is 12.1 Å². The lowest BCUT2D eigenvalue weighted by Gasteiger charge is -2.38. The summed E-state index contributed by atoms with van der Waals surface area (Å²) in [6, 6.07) is 12.7. The minimum absolute atomic E-state index is 0.0295. The molecule has 1 aliphatic heterocycles. The summed E-state index contributed by atoms with van der Waals surface area (Å²) in [5.74, 6) is -6.38. The van der Waals surface area contributed by atoms with Crippen molar-refractivity contribution >= 4 is 87.3 Å². The summed E-state index contributed by atoms with van der Waals surface area (Å²) < 4.78 is 0. The van der Waals surface area contributed by atoms with Gasteiger partial charge >= 0.3 is 23.9 Å². The highest BCUT2D eigenvalue weighted by Crippen LogP contribution is 2.20. The number of urea groups is 1. The van der Waals surface area contributed by atoms with Gasteiger partial charge in [0.15, 0.2) is 5.11 Å². The average Bonchev–Trinajstić information content (AvgIpc) is 3.37. The maximum absolute atomic E-state index is 13.8. The van der Waals surface area contributed by atoms with Crippen molar-refractivity contribution in [2.75, 3.05) is 90.4 Å². The number of hydrogen-bond acceptors (Lipinski definition) is 15. The van der Waals surface area contributed by atoms with Crippen molar-refractivity contribution in [3.63, 3.8) is 0 Å². The maximum atomic E-state index is 13.8. The van der Waals surface area contributed by atoms with Crippen molar-refractivity contribution in [3.8, 4) is 0 Å². The van der Waals surface area contributed by atoms with E-state index in [4.69, 9.17) is 40.3 Å². The van der Waals surface area contributed by atoms with Crippen LogP contribution < -0.4 is 44.2 Å². The van der Waals surface area contributed by atoms with Crippen molar-refractivity contribution in [2.24, 2.45) is 22.9 Å². The maximum Gasteiger partial charge on any atom is 0.326 e. The standard InChI is InChI=1S/C51H74N14O12S/c52-42(66)30-61-21-22-62(31-43(53)67)25-26-64(33-45(55)69)37(28-63(24-23-61)32-44(54)68)27-34-11-13-36(14-12-34)58-51(78)57-18-5-3-10-46(70)65(29-41-38-8-2-1-7-35(38)17-19-56-41)20-6-4-9-39(48(73)74)59-50(77)60-40(49(75)76)15-16-47(71)72/h1-2,7-8,11-14,17,19,37,39-40H,3-6,9-10,15-16,18,20-33H2,(H2,52,66)(H2,53,67)(H2,54,68)(H2,55,69)(H,71,72)(H,73,74)(H,75,76)(H2,57,58,78)(H2,59,60,77)/t37?,39-,40-/m1/s1. The Morgan fingerprint density at radius 3 is 1.85 bits per heavy atom. The lowest BCUT2D eigenvalue weighted by molar-refractivity contribution is -0.141. The van der Waals surface area contributed by atoms with Gasteiger partial charge in [-0.15, -0.1) is 0 Å². The lowest BCUT2D eigenvalue weighted by Crippen LogP contribution is -2.54. The number of aliphatic carboxylic acids is 3. The average molecular weight is 1110 g/mol. The number of anilines is 1. The number of nitrogens with zero attached hydrogens (tertiary/aromatic N) is 6. The number of fused-ring (bicyclic) bond motifs is 1. The monoisotopic (exact) mass is 1110 g/mol. The van der Waals surface area contributed by atoms with Gasteiger partial charge in [-0.25, -0.2) is 14.4 Å². The number of primary amides is 4. The summed E-state index contributed by atoms with van der Waals surface area (Å²) in [5.41, 5.74) is 24.8. The highest BCUT2D eigenvalue weighted by atomic mass is 32.1. The molecule has 0 aliphatic carbocycles. The van der Waals surface area contributed by atoms with Crippen LogP contribution in [0.15, 0.2) is 60.8 Å². The van der Waals surface area contributed by atoms with Crippen LogP contribution in [0.5, 0.6) is 0 Å². The number of nitrogens with two attached hydrogens (primary N) is 4. The van der Waals surface area contributed by atoms with E-state index in [1.807, 2.05) is 74.2 Å². The summed E-state index contributed by atoms with van der Waals surface area (Å²) >= 11 is 5.59.